The second-order valence-electron chi connectivity index (χ2n) is 3.63. The van der Waals surface area contributed by atoms with E-state index in [1.165, 1.54) is 18.2 Å². The van der Waals surface area contributed by atoms with Gasteiger partial charge in [0.1, 0.15) is 0 Å². The van der Waals surface area contributed by atoms with Crippen molar-refractivity contribution in [1.29, 1.82) is 0 Å². The minimum atomic E-state index is -3.59. The SMILES string of the molecule is NC(CCO)CS(=O)(=O)c1cc(Cl)ccc1Cl. The molecular weight excluding hydrogens is 285 g/mol. The second-order valence-corrected chi connectivity index (χ2v) is 6.47. The molecule has 0 fully saturated rings. The molecule has 0 aliphatic rings. The van der Waals surface area contributed by atoms with Gasteiger partial charge in [-0.15, -0.1) is 0 Å². The molecule has 1 aromatic rings. The third kappa shape index (κ3) is 4.12. The van der Waals surface area contributed by atoms with E-state index in [1.807, 2.05) is 0 Å². The van der Waals surface area contributed by atoms with Crippen LogP contribution in [0.5, 0.6) is 0 Å². The summed E-state index contributed by atoms with van der Waals surface area (Å²) in [5.74, 6) is -0.270. The van der Waals surface area contributed by atoms with E-state index in [4.69, 9.17) is 34.0 Å². The van der Waals surface area contributed by atoms with Crippen LogP contribution in [0.4, 0.5) is 0 Å². The van der Waals surface area contributed by atoms with Crippen molar-refractivity contribution in [2.75, 3.05) is 12.4 Å². The first-order valence-electron chi connectivity index (χ1n) is 4.91. The van der Waals surface area contributed by atoms with E-state index in [1.54, 1.807) is 0 Å². The van der Waals surface area contributed by atoms with Crippen LogP contribution in [0.2, 0.25) is 10.0 Å². The molecule has 0 spiro atoms. The van der Waals surface area contributed by atoms with Gasteiger partial charge in [-0.2, -0.15) is 0 Å². The number of hydrogen-bond acceptors (Lipinski definition) is 4. The summed E-state index contributed by atoms with van der Waals surface area (Å²) < 4.78 is 24.0. The van der Waals surface area contributed by atoms with Gasteiger partial charge in [0, 0.05) is 17.7 Å². The number of aliphatic hydroxyl groups excluding tert-OH is 1. The Kier molecular flexibility index (Phi) is 5.22. The second kappa shape index (κ2) is 6.02. The van der Waals surface area contributed by atoms with Crippen molar-refractivity contribution in [3.05, 3.63) is 28.2 Å². The van der Waals surface area contributed by atoms with Crippen LogP contribution in [0.1, 0.15) is 6.42 Å². The van der Waals surface area contributed by atoms with Gasteiger partial charge < -0.3 is 10.8 Å². The predicted molar refractivity (Wildman–Crippen MR) is 68.2 cm³/mol. The first-order chi connectivity index (χ1) is 7.86. The Balaban J connectivity index is 3.01. The van der Waals surface area contributed by atoms with Gasteiger partial charge in [-0.25, -0.2) is 8.42 Å². The molecule has 0 saturated heterocycles. The Hall–Kier alpha value is -0.330. The Morgan fingerprint density at radius 1 is 1.35 bits per heavy atom. The third-order valence-corrected chi connectivity index (χ3v) is 4.71. The van der Waals surface area contributed by atoms with E-state index in [0.29, 0.717) is 5.02 Å². The highest BCUT2D eigenvalue weighted by molar-refractivity contribution is 7.91. The summed E-state index contributed by atoms with van der Waals surface area (Å²) in [5.41, 5.74) is 5.58. The fraction of sp³-hybridized carbons (Fsp3) is 0.400. The third-order valence-electron chi connectivity index (χ3n) is 2.16. The number of aliphatic hydroxyl groups is 1. The molecule has 0 saturated carbocycles. The van der Waals surface area contributed by atoms with E-state index < -0.39 is 15.9 Å². The van der Waals surface area contributed by atoms with Gasteiger partial charge in [0.15, 0.2) is 9.84 Å². The molecule has 1 atom stereocenters. The van der Waals surface area contributed by atoms with Crippen LogP contribution in [0.25, 0.3) is 0 Å². The van der Waals surface area contributed by atoms with Crippen molar-refractivity contribution in [2.24, 2.45) is 5.73 Å². The van der Waals surface area contributed by atoms with E-state index in [-0.39, 0.29) is 28.7 Å². The molecule has 0 heterocycles. The molecule has 1 rings (SSSR count). The van der Waals surface area contributed by atoms with Gasteiger partial charge in [0.25, 0.3) is 0 Å². The van der Waals surface area contributed by atoms with Crippen LogP contribution in [0.15, 0.2) is 23.1 Å². The van der Waals surface area contributed by atoms with E-state index in [0.717, 1.165) is 0 Å². The Morgan fingerprint density at radius 3 is 2.59 bits per heavy atom. The van der Waals surface area contributed by atoms with Crippen LogP contribution < -0.4 is 5.73 Å². The lowest BCUT2D eigenvalue weighted by Gasteiger charge is -2.11. The molecule has 0 amide bonds. The molecule has 4 nitrogen and oxygen atoms in total. The Morgan fingerprint density at radius 2 is 2.00 bits per heavy atom. The maximum atomic E-state index is 12.0. The zero-order valence-corrected chi connectivity index (χ0v) is 11.3. The highest BCUT2D eigenvalue weighted by atomic mass is 35.5. The molecule has 7 heteroatoms. The highest BCUT2D eigenvalue weighted by Crippen LogP contribution is 2.26. The molecule has 0 aromatic heterocycles. The van der Waals surface area contributed by atoms with Crippen LogP contribution in [0.3, 0.4) is 0 Å². The number of nitrogens with two attached hydrogens (primary N) is 1. The van der Waals surface area contributed by atoms with Gasteiger partial charge >= 0.3 is 0 Å². The van der Waals surface area contributed by atoms with Gasteiger partial charge in [-0.3, -0.25) is 0 Å². The summed E-state index contributed by atoms with van der Waals surface area (Å²) >= 11 is 11.5. The quantitative estimate of drug-likeness (QED) is 0.862. The van der Waals surface area contributed by atoms with Crippen molar-refractivity contribution >= 4 is 33.0 Å². The highest BCUT2D eigenvalue weighted by Gasteiger charge is 2.21. The van der Waals surface area contributed by atoms with Crippen molar-refractivity contribution in [3.8, 4) is 0 Å². The van der Waals surface area contributed by atoms with Crippen LogP contribution in [0, 0.1) is 0 Å². The maximum absolute atomic E-state index is 12.0. The molecule has 3 N–H and O–H groups in total. The zero-order chi connectivity index (χ0) is 13.1. The number of hydrogen-bond donors (Lipinski definition) is 2. The predicted octanol–water partition coefficient (Wildman–Crippen LogP) is 1.48. The number of rotatable bonds is 5. The summed E-state index contributed by atoms with van der Waals surface area (Å²) in [6.45, 7) is -0.153. The van der Waals surface area contributed by atoms with Crippen molar-refractivity contribution in [2.45, 2.75) is 17.4 Å². The van der Waals surface area contributed by atoms with E-state index >= 15 is 0 Å². The number of sulfone groups is 1. The average molecular weight is 298 g/mol. The van der Waals surface area contributed by atoms with Crippen molar-refractivity contribution < 1.29 is 13.5 Å². The Bertz CT molecular complexity index is 490. The first-order valence-corrected chi connectivity index (χ1v) is 7.32. The zero-order valence-electron chi connectivity index (χ0n) is 8.94. The van der Waals surface area contributed by atoms with Crippen LogP contribution >= 0.6 is 23.2 Å². The normalized spacial score (nSPS) is 13.6. The number of halogens is 2. The fourth-order valence-corrected chi connectivity index (χ4v) is 3.62. The summed E-state index contributed by atoms with van der Waals surface area (Å²) in [7, 11) is -3.59. The molecule has 0 radical (unpaired) electrons. The lowest BCUT2D eigenvalue weighted by molar-refractivity contribution is 0.279. The summed E-state index contributed by atoms with van der Waals surface area (Å²) in [5, 5.41) is 9.09. The minimum Gasteiger partial charge on any atom is -0.396 e. The fourth-order valence-electron chi connectivity index (χ4n) is 1.34. The summed E-state index contributed by atoms with van der Waals surface area (Å²) in [6, 6.07) is 3.61. The molecule has 0 aliphatic heterocycles. The summed E-state index contributed by atoms with van der Waals surface area (Å²) in [4.78, 5) is -0.0277. The lowest BCUT2D eigenvalue weighted by atomic mass is 10.3. The topological polar surface area (TPSA) is 80.4 Å². The minimum absolute atomic E-state index is 0.0277. The van der Waals surface area contributed by atoms with Crippen molar-refractivity contribution in [1.82, 2.24) is 0 Å². The largest absolute Gasteiger partial charge is 0.396 e. The van der Waals surface area contributed by atoms with Crippen LogP contribution in [-0.2, 0) is 9.84 Å². The van der Waals surface area contributed by atoms with Gasteiger partial charge in [0.05, 0.1) is 15.7 Å². The average Bonchev–Trinajstić information content (AvgIpc) is 2.21. The molecule has 0 aliphatic carbocycles. The molecule has 1 unspecified atom stereocenters. The number of benzene rings is 1. The lowest BCUT2D eigenvalue weighted by Crippen LogP contribution is -2.30. The van der Waals surface area contributed by atoms with Crippen LogP contribution in [-0.4, -0.2) is 31.9 Å². The maximum Gasteiger partial charge on any atom is 0.181 e. The first kappa shape index (κ1) is 14.7. The van der Waals surface area contributed by atoms with Gasteiger partial charge in [0.2, 0.25) is 0 Å². The molecule has 1 aromatic carbocycles. The smallest absolute Gasteiger partial charge is 0.181 e. The van der Waals surface area contributed by atoms with Crippen molar-refractivity contribution in [3.63, 3.8) is 0 Å². The molecule has 17 heavy (non-hydrogen) atoms. The van der Waals surface area contributed by atoms with E-state index in [2.05, 4.69) is 0 Å². The molecular formula is C10H13Cl2NO3S. The molecule has 0 bridgehead atoms. The molecule has 96 valence electrons. The van der Waals surface area contributed by atoms with Gasteiger partial charge in [-0.05, 0) is 24.6 Å². The Labute approximate surface area is 110 Å². The monoisotopic (exact) mass is 297 g/mol. The van der Waals surface area contributed by atoms with Gasteiger partial charge in [-0.1, -0.05) is 23.2 Å². The van der Waals surface area contributed by atoms with E-state index in [9.17, 15) is 8.42 Å². The summed E-state index contributed by atoms with van der Waals surface area (Å²) in [6.07, 6.45) is 0.220. The standard InChI is InChI=1S/C10H13Cl2NO3S/c11-7-1-2-9(12)10(5-7)17(15,16)6-8(13)3-4-14/h1-2,5,8,14H,3-4,6,13H2.